The van der Waals surface area contributed by atoms with Gasteiger partial charge >= 0.3 is 0 Å². The highest BCUT2D eigenvalue weighted by Crippen LogP contribution is 2.45. The molecule has 2 aliphatic heterocycles. The van der Waals surface area contributed by atoms with Gasteiger partial charge in [-0.25, -0.2) is 8.42 Å². The van der Waals surface area contributed by atoms with E-state index >= 15 is 0 Å². The minimum atomic E-state index is -3.50. The highest BCUT2D eigenvalue weighted by Gasteiger charge is 2.47. The summed E-state index contributed by atoms with van der Waals surface area (Å²) in [5.41, 5.74) is 2.80. The first kappa shape index (κ1) is 24.0. The van der Waals surface area contributed by atoms with Crippen molar-refractivity contribution in [1.29, 1.82) is 0 Å². The van der Waals surface area contributed by atoms with Gasteiger partial charge in [0.25, 0.3) is 5.91 Å². The van der Waals surface area contributed by atoms with E-state index in [4.69, 9.17) is 0 Å². The van der Waals surface area contributed by atoms with Crippen LogP contribution >= 0.6 is 11.8 Å². The number of thioether (sulfide) groups is 1. The number of sulfonamides is 1. The molecule has 4 rings (SSSR count). The number of carbonyl (C=O) groups excluding carboxylic acids is 1. The van der Waals surface area contributed by atoms with E-state index in [9.17, 15) is 13.2 Å². The molecule has 176 valence electrons. The van der Waals surface area contributed by atoms with Crippen LogP contribution in [-0.2, 0) is 15.4 Å². The van der Waals surface area contributed by atoms with Crippen molar-refractivity contribution < 1.29 is 13.2 Å². The van der Waals surface area contributed by atoms with Crippen molar-refractivity contribution >= 4 is 33.8 Å². The van der Waals surface area contributed by atoms with Crippen molar-refractivity contribution in [1.82, 2.24) is 9.21 Å². The third-order valence-electron chi connectivity index (χ3n) is 6.52. The van der Waals surface area contributed by atoms with Crippen LogP contribution in [0.15, 0.2) is 60.0 Å². The minimum absolute atomic E-state index is 0.0412. The molecule has 0 saturated carbocycles. The topological polar surface area (TPSA) is 57.7 Å². The Bertz CT molecular complexity index is 1110. The van der Waals surface area contributed by atoms with Crippen LogP contribution in [-0.4, -0.2) is 53.8 Å². The van der Waals surface area contributed by atoms with Gasteiger partial charge in [0.1, 0.15) is 0 Å². The summed E-state index contributed by atoms with van der Waals surface area (Å²) in [6.45, 7) is 8.01. The molecule has 2 aromatic rings. The van der Waals surface area contributed by atoms with Gasteiger partial charge in [-0.3, -0.25) is 4.79 Å². The van der Waals surface area contributed by atoms with Crippen LogP contribution < -0.4 is 0 Å². The molecule has 0 unspecified atom stereocenters. The maximum absolute atomic E-state index is 13.4. The fraction of sp³-hybridized carbons (Fsp3) is 0.423. The van der Waals surface area contributed by atoms with Gasteiger partial charge in [-0.2, -0.15) is 4.31 Å². The second-order valence-electron chi connectivity index (χ2n) is 9.74. The number of amides is 1. The first-order valence-corrected chi connectivity index (χ1v) is 13.9. The molecule has 0 aliphatic carbocycles. The van der Waals surface area contributed by atoms with E-state index in [0.29, 0.717) is 38.0 Å². The summed E-state index contributed by atoms with van der Waals surface area (Å²) >= 11 is 1.79. The average molecular weight is 485 g/mol. The zero-order valence-electron chi connectivity index (χ0n) is 19.5. The predicted octanol–water partition coefficient (Wildman–Crippen LogP) is 4.97. The molecule has 0 bridgehead atoms. The van der Waals surface area contributed by atoms with Gasteiger partial charge in [0.2, 0.25) is 10.0 Å². The van der Waals surface area contributed by atoms with Gasteiger partial charge in [0.05, 0.1) is 4.87 Å². The Labute approximate surface area is 201 Å². The summed E-state index contributed by atoms with van der Waals surface area (Å²) in [5.74, 6) is 0.924. The Hall–Kier alpha value is -2.09. The standard InChI is InChI=1S/C26H32N2O3S2/c1-25(2,3)23-11-9-22(10-12-23)24(29)28-18-19-32-26(28)14-16-27(17-15-26)33(30,31)20-13-21-7-5-4-6-8-21/h4-13,20H,14-19H2,1-3H3. The Balaban J connectivity index is 1.44. The molecule has 2 aromatic carbocycles. The molecule has 0 atom stereocenters. The summed E-state index contributed by atoms with van der Waals surface area (Å²) < 4.78 is 27.3. The number of hydrogen-bond donors (Lipinski definition) is 0. The Morgan fingerprint density at radius 1 is 0.970 bits per heavy atom. The first-order valence-electron chi connectivity index (χ1n) is 11.4. The molecule has 2 saturated heterocycles. The number of rotatable bonds is 4. The molecule has 2 aliphatic rings. The monoisotopic (exact) mass is 484 g/mol. The lowest BCUT2D eigenvalue weighted by Gasteiger charge is -2.43. The third kappa shape index (κ3) is 5.20. The fourth-order valence-corrected chi connectivity index (χ4v) is 7.13. The van der Waals surface area contributed by atoms with Crippen molar-refractivity contribution in [3.8, 4) is 0 Å². The Kier molecular flexibility index (Phi) is 6.76. The van der Waals surface area contributed by atoms with Gasteiger partial charge in [-0.1, -0.05) is 63.2 Å². The van der Waals surface area contributed by atoms with Gasteiger partial charge in [0.15, 0.2) is 0 Å². The quantitative estimate of drug-likeness (QED) is 0.615. The first-order chi connectivity index (χ1) is 15.6. The minimum Gasteiger partial charge on any atom is -0.323 e. The molecule has 0 N–H and O–H groups in total. The molecule has 1 amide bonds. The molecular formula is C26H32N2O3S2. The maximum atomic E-state index is 13.4. The molecule has 33 heavy (non-hydrogen) atoms. The van der Waals surface area contributed by atoms with Crippen LogP contribution in [0, 0.1) is 0 Å². The van der Waals surface area contributed by atoms with Crippen LogP contribution in [0.4, 0.5) is 0 Å². The lowest BCUT2D eigenvalue weighted by atomic mass is 9.86. The number of piperidine rings is 1. The fourth-order valence-electron chi connectivity index (χ4n) is 4.48. The zero-order chi connectivity index (χ0) is 23.7. The van der Waals surface area contributed by atoms with Gasteiger partial charge < -0.3 is 4.90 Å². The number of carbonyl (C=O) groups is 1. The molecule has 2 heterocycles. The third-order valence-corrected chi connectivity index (χ3v) is 9.63. The van der Waals surface area contributed by atoms with Crippen LogP contribution in [0.1, 0.15) is 55.1 Å². The molecule has 1 spiro atoms. The second kappa shape index (κ2) is 9.28. The summed E-state index contributed by atoms with van der Waals surface area (Å²) in [4.78, 5) is 15.0. The number of hydrogen-bond acceptors (Lipinski definition) is 4. The predicted molar refractivity (Wildman–Crippen MR) is 137 cm³/mol. The van der Waals surface area contributed by atoms with Crippen molar-refractivity contribution in [3.63, 3.8) is 0 Å². The molecule has 5 nitrogen and oxygen atoms in total. The van der Waals surface area contributed by atoms with E-state index in [1.807, 2.05) is 59.5 Å². The van der Waals surface area contributed by atoms with E-state index in [1.54, 1.807) is 17.8 Å². The van der Waals surface area contributed by atoms with E-state index in [1.165, 1.54) is 15.3 Å². The lowest BCUT2D eigenvalue weighted by molar-refractivity contribution is 0.0605. The van der Waals surface area contributed by atoms with Gasteiger partial charge in [0, 0.05) is 36.4 Å². The molecular weight excluding hydrogens is 452 g/mol. The summed E-state index contributed by atoms with van der Waals surface area (Å²) in [6, 6.07) is 17.4. The summed E-state index contributed by atoms with van der Waals surface area (Å²) in [6.07, 6.45) is 2.92. The smallest absolute Gasteiger partial charge is 0.254 e. The molecule has 2 fully saturated rings. The number of benzene rings is 2. The van der Waals surface area contributed by atoms with E-state index in [2.05, 4.69) is 20.8 Å². The maximum Gasteiger partial charge on any atom is 0.254 e. The molecule has 7 heteroatoms. The van der Waals surface area contributed by atoms with Crippen LogP contribution in [0.25, 0.3) is 6.08 Å². The lowest BCUT2D eigenvalue weighted by Crippen LogP contribution is -2.53. The summed E-state index contributed by atoms with van der Waals surface area (Å²) in [5, 5.41) is 1.29. The highest BCUT2D eigenvalue weighted by atomic mass is 32.2. The van der Waals surface area contributed by atoms with Crippen molar-refractivity contribution in [2.45, 2.75) is 43.9 Å². The largest absolute Gasteiger partial charge is 0.323 e. The molecule has 0 aromatic heterocycles. The summed E-state index contributed by atoms with van der Waals surface area (Å²) in [7, 11) is -3.50. The van der Waals surface area contributed by atoms with E-state index < -0.39 is 10.0 Å². The van der Waals surface area contributed by atoms with E-state index in [-0.39, 0.29) is 16.2 Å². The van der Waals surface area contributed by atoms with Gasteiger partial charge in [-0.05, 0) is 47.6 Å². The Morgan fingerprint density at radius 3 is 2.21 bits per heavy atom. The SMILES string of the molecule is CC(C)(C)c1ccc(C(=O)N2CCSC23CCN(S(=O)(=O)C=Cc2ccccc2)CC3)cc1. The molecule has 0 radical (unpaired) electrons. The van der Waals surface area contributed by atoms with E-state index in [0.717, 1.165) is 11.3 Å². The number of nitrogens with zero attached hydrogens (tertiary/aromatic N) is 2. The van der Waals surface area contributed by atoms with Crippen LogP contribution in [0.5, 0.6) is 0 Å². The zero-order valence-corrected chi connectivity index (χ0v) is 21.2. The van der Waals surface area contributed by atoms with Crippen LogP contribution in [0.2, 0.25) is 0 Å². The van der Waals surface area contributed by atoms with Crippen molar-refractivity contribution in [2.24, 2.45) is 0 Å². The average Bonchev–Trinajstić information content (AvgIpc) is 3.20. The second-order valence-corrected chi connectivity index (χ2v) is 13.0. The van der Waals surface area contributed by atoms with Crippen LogP contribution in [0.3, 0.4) is 0 Å². The van der Waals surface area contributed by atoms with Crippen molar-refractivity contribution in [2.75, 3.05) is 25.4 Å². The van der Waals surface area contributed by atoms with Gasteiger partial charge in [-0.15, -0.1) is 11.8 Å². The normalized spacial score (nSPS) is 19.4. The highest BCUT2D eigenvalue weighted by molar-refractivity contribution is 8.00. The van der Waals surface area contributed by atoms with Crippen molar-refractivity contribution in [3.05, 3.63) is 76.7 Å². The Morgan fingerprint density at radius 2 is 1.61 bits per heavy atom.